The maximum atomic E-state index is 12.9. The lowest BCUT2D eigenvalue weighted by Gasteiger charge is -2.46. The Kier molecular flexibility index (Phi) is 6.55. The first-order valence-electron chi connectivity index (χ1n) is 12.3. The van der Waals surface area contributed by atoms with Gasteiger partial charge in [0.05, 0.1) is 40.7 Å². The summed E-state index contributed by atoms with van der Waals surface area (Å²) in [6, 6.07) is 9.15. The number of rotatable bonds is 6. The molecule has 184 valence electrons. The molecule has 4 aliphatic rings. The Morgan fingerprint density at radius 2 is 1.94 bits per heavy atom. The van der Waals surface area contributed by atoms with Gasteiger partial charge >= 0.3 is 0 Å². The number of nitrogens with zero attached hydrogens (tertiary/aromatic N) is 2. The number of amides is 1. The lowest BCUT2D eigenvalue weighted by molar-refractivity contribution is -0.130. The summed E-state index contributed by atoms with van der Waals surface area (Å²) in [5.41, 5.74) is 3.79. The maximum absolute atomic E-state index is 12.9. The highest BCUT2D eigenvalue weighted by Gasteiger charge is 2.54. The molecule has 5 rings (SSSR count). The van der Waals surface area contributed by atoms with Gasteiger partial charge in [-0.3, -0.25) is 4.79 Å². The van der Waals surface area contributed by atoms with E-state index in [2.05, 4.69) is 27.1 Å². The number of piperidine rings is 1. The van der Waals surface area contributed by atoms with Crippen LogP contribution in [0.15, 0.2) is 29.2 Å². The van der Waals surface area contributed by atoms with Gasteiger partial charge in [-0.25, -0.2) is 18.9 Å². The molecule has 3 unspecified atom stereocenters. The van der Waals surface area contributed by atoms with Crippen molar-refractivity contribution in [1.29, 1.82) is 5.26 Å². The second-order valence-electron chi connectivity index (χ2n) is 9.99. The first-order chi connectivity index (χ1) is 16.4. The van der Waals surface area contributed by atoms with E-state index in [1.807, 2.05) is 0 Å². The van der Waals surface area contributed by atoms with Gasteiger partial charge < -0.3 is 15.4 Å². The molecular formula is C24H33N5O4S. The van der Waals surface area contributed by atoms with Crippen LogP contribution >= 0.6 is 0 Å². The number of sulfone groups is 1. The van der Waals surface area contributed by atoms with E-state index in [1.165, 1.54) is 0 Å². The fraction of sp³-hybridized carbons (Fsp3) is 0.667. The molecule has 0 radical (unpaired) electrons. The van der Waals surface area contributed by atoms with Crippen molar-refractivity contribution in [2.75, 3.05) is 25.1 Å². The fourth-order valence-electron chi connectivity index (χ4n) is 6.13. The highest BCUT2D eigenvalue weighted by atomic mass is 32.2. The SMILES string of the molecule is N#CC[C@@]1(N2NC(Nc3ccc(S(=O)(=O)C4CCCC4)cc3)C3C(=O)NCCC32)CCCOC1. The largest absolute Gasteiger partial charge is 0.379 e. The van der Waals surface area contributed by atoms with Crippen molar-refractivity contribution in [2.45, 2.75) is 79.3 Å². The summed E-state index contributed by atoms with van der Waals surface area (Å²) in [5.74, 6) is -0.360. The minimum absolute atomic E-state index is 0.0204. The van der Waals surface area contributed by atoms with Gasteiger partial charge in [0.1, 0.15) is 6.17 Å². The van der Waals surface area contributed by atoms with Gasteiger partial charge in [-0.15, -0.1) is 0 Å². The minimum atomic E-state index is -3.31. The van der Waals surface area contributed by atoms with Crippen LogP contribution in [0.1, 0.15) is 51.4 Å². The maximum Gasteiger partial charge on any atom is 0.228 e. The summed E-state index contributed by atoms with van der Waals surface area (Å²) < 4.78 is 31.6. The lowest BCUT2D eigenvalue weighted by atomic mass is 9.84. The van der Waals surface area contributed by atoms with Gasteiger partial charge in [0, 0.05) is 24.9 Å². The zero-order chi connectivity index (χ0) is 23.8. The molecule has 3 aliphatic heterocycles. The third-order valence-corrected chi connectivity index (χ3v) is 10.2. The molecule has 4 fully saturated rings. The Labute approximate surface area is 201 Å². The van der Waals surface area contributed by atoms with E-state index in [-0.39, 0.29) is 29.3 Å². The summed E-state index contributed by atoms with van der Waals surface area (Å²) in [7, 11) is -3.31. The molecule has 0 aromatic heterocycles. The number of nitriles is 1. The lowest BCUT2D eigenvalue weighted by Crippen LogP contribution is -2.61. The minimum Gasteiger partial charge on any atom is -0.379 e. The highest BCUT2D eigenvalue weighted by Crippen LogP contribution is 2.39. The standard InChI is InChI=1S/C24H33N5O4S/c25-13-12-24(11-3-15-33-16-24)29-20-10-14-26-23(30)21(20)22(28-29)27-17-6-8-19(9-7-17)34(31,32)18-4-1-2-5-18/h6-9,18,20-22,27-28H,1-5,10-12,14-16H2,(H,26,30)/t20?,21?,22?,24-/m0/s1. The van der Waals surface area contributed by atoms with Crippen molar-refractivity contribution in [3.63, 3.8) is 0 Å². The Morgan fingerprint density at radius 3 is 2.62 bits per heavy atom. The van der Waals surface area contributed by atoms with Crippen molar-refractivity contribution >= 4 is 21.4 Å². The summed E-state index contributed by atoms with van der Waals surface area (Å²) >= 11 is 0. The zero-order valence-electron chi connectivity index (χ0n) is 19.3. The molecule has 0 bridgehead atoms. The van der Waals surface area contributed by atoms with E-state index in [4.69, 9.17) is 4.74 Å². The summed E-state index contributed by atoms with van der Waals surface area (Å²) in [5, 5.41) is 17.8. The molecule has 34 heavy (non-hydrogen) atoms. The van der Waals surface area contributed by atoms with E-state index in [0.29, 0.717) is 31.1 Å². The number of ether oxygens (including phenoxy) is 1. The molecule has 3 heterocycles. The molecule has 1 saturated carbocycles. The van der Waals surface area contributed by atoms with Crippen molar-refractivity contribution in [3.05, 3.63) is 24.3 Å². The Balaban J connectivity index is 1.37. The van der Waals surface area contributed by atoms with Crippen LogP contribution in [-0.2, 0) is 19.4 Å². The van der Waals surface area contributed by atoms with E-state index >= 15 is 0 Å². The Morgan fingerprint density at radius 1 is 1.18 bits per heavy atom. The molecule has 0 spiro atoms. The van der Waals surface area contributed by atoms with E-state index in [9.17, 15) is 18.5 Å². The van der Waals surface area contributed by atoms with Gasteiger partial charge in [-0.2, -0.15) is 5.26 Å². The molecule has 1 aromatic rings. The van der Waals surface area contributed by atoms with E-state index in [0.717, 1.165) is 50.6 Å². The van der Waals surface area contributed by atoms with Crippen LogP contribution in [-0.4, -0.2) is 62.1 Å². The predicted octanol–water partition coefficient (Wildman–Crippen LogP) is 1.93. The van der Waals surface area contributed by atoms with Gasteiger partial charge in [-0.05, 0) is 56.4 Å². The number of fused-ring (bicyclic) bond motifs is 1. The molecule has 3 saturated heterocycles. The van der Waals surface area contributed by atoms with Gasteiger partial charge in [0.15, 0.2) is 9.84 Å². The van der Waals surface area contributed by atoms with Crippen molar-refractivity contribution < 1.29 is 17.9 Å². The molecule has 3 N–H and O–H groups in total. The van der Waals surface area contributed by atoms with Crippen LogP contribution in [0.4, 0.5) is 5.69 Å². The number of hydrogen-bond acceptors (Lipinski definition) is 8. The number of hydrazine groups is 1. The van der Waals surface area contributed by atoms with Gasteiger partial charge in [-0.1, -0.05) is 12.8 Å². The second-order valence-corrected chi connectivity index (χ2v) is 12.2. The van der Waals surface area contributed by atoms with Crippen LogP contribution < -0.4 is 16.1 Å². The smallest absolute Gasteiger partial charge is 0.228 e. The Hall–Kier alpha value is -2.19. The van der Waals surface area contributed by atoms with Crippen LogP contribution in [0.3, 0.4) is 0 Å². The van der Waals surface area contributed by atoms with Crippen LogP contribution in [0.5, 0.6) is 0 Å². The average molecular weight is 488 g/mol. The molecule has 9 nitrogen and oxygen atoms in total. The fourth-order valence-corrected chi connectivity index (χ4v) is 7.98. The third-order valence-electron chi connectivity index (χ3n) is 7.89. The van der Waals surface area contributed by atoms with Crippen LogP contribution in [0.25, 0.3) is 0 Å². The molecule has 4 atom stereocenters. The zero-order valence-corrected chi connectivity index (χ0v) is 20.1. The number of anilines is 1. The number of benzene rings is 1. The topological polar surface area (TPSA) is 124 Å². The van der Waals surface area contributed by atoms with Gasteiger partial charge in [0.2, 0.25) is 5.91 Å². The van der Waals surface area contributed by atoms with Crippen molar-refractivity contribution in [3.8, 4) is 6.07 Å². The average Bonchev–Trinajstić information content (AvgIpc) is 3.51. The number of nitrogens with one attached hydrogen (secondary N) is 3. The second kappa shape index (κ2) is 9.46. The quantitative estimate of drug-likeness (QED) is 0.556. The number of carbonyl (C=O) groups excluding carboxylic acids is 1. The summed E-state index contributed by atoms with van der Waals surface area (Å²) in [6.45, 7) is 1.74. The van der Waals surface area contributed by atoms with Gasteiger partial charge in [0.25, 0.3) is 0 Å². The molecule has 10 heteroatoms. The monoisotopic (exact) mass is 487 g/mol. The van der Waals surface area contributed by atoms with E-state index < -0.39 is 15.4 Å². The van der Waals surface area contributed by atoms with Crippen molar-refractivity contribution in [2.24, 2.45) is 5.92 Å². The Bertz CT molecular complexity index is 1040. The first kappa shape index (κ1) is 23.5. The van der Waals surface area contributed by atoms with E-state index in [1.54, 1.807) is 24.3 Å². The third kappa shape index (κ3) is 4.19. The normalized spacial score (nSPS) is 32.7. The number of hydrogen-bond donors (Lipinski definition) is 3. The molecule has 1 aliphatic carbocycles. The summed E-state index contributed by atoms with van der Waals surface area (Å²) in [4.78, 5) is 13.3. The molecular weight excluding hydrogens is 454 g/mol. The highest BCUT2D eigenvalue weighted by molar-refractivity contribution is 7.92. The summed E-state index contributed by atoms with van der Waals surface area (Å²) in [6.07, 6.45) is 5.84. The van der Waals surface area contributed by atoms with Crippen LogP contribution in [0, 0.1) is 17.2 Å². The predicted molar refractivity (Wildman–Crippen MR) is 126 cm³/mol. The number of carbonyl (C=O) groups is 1. The molecule has 1 aromatic carbocycles. The van der Waals surface area contributed by atoms with Crippen molar-refractivity contribution in [1.82, 2.24) is 15.8 Å². The first-order valence-corrected chi connectivity index (χ1v) is 13.9. The van der Waals surface area contributed by atoms with Crippen LogP contribution in [0.2, 0.25) is 0 Å². The molecule has 1 amide bonds.